The average Bonchev–Trinajstić information content (AvgIpc) is 2.58. The van der Waals surface area contributed by atoms with Crippen molar-refractivity contribution in [2.45, 2.75) is 31.1 Å². The van der Waals surface area contributed by atoms with Crippen LogP contribution in [0.25, 0.3) is 0 Å². The van der Waals surface area contributed by atoms with Gasteiger partial charge in [-0.3, -0.25) is 0 Å². The van der Waals surface area contributed by atoms with Gasteiger partial charge in [-0.25, -0.2) is 8.42 Å². The number of sulfone groups is 1. The summed E-state index contributed by atoms with van der Waals surface area (Å²) in [6, 6.07) is 3.92. The molecule has 1 aromatic rings. The molecule has 6 heteroatoms. The summed E-state index contributed by atoms with van der Waals surface area (Å²) >= 11 is 5.05. The zero-order valence-corrected chi connectivity index (χ0v) is 13.7. The van der Waals surface area contributed by atoms with Crippen LogP contribution >= 0.6 is 27.3 Å². The second-order valence-corrected chi connectivity index (χ2v) is 9.77. The Morgan fingerprint density at radius 3 is 2.41 bits per heavy atom. The van der Waals surface area contributed by atoms with Gasteiger partial charge < -0.3 is 5.32 Å². The molecule has 1 atom stereocenters. The van der Waals surface area contributed by atoms with Crippen molar-refractivity contribution in [1.82, 2.24) is 5.32 Å². The first-order valence-electron chi connectivity index (χ1n) is 5.29. The van der Waals surface area contributed by atoms with E-state index in [1.807, 2.05) is 12.1 Å². The molecule has 1 N–H and O–H groups in total. The minimum atomic E-state index is -3.10. The molecule has 0 saturated carbocycles. The molecule has 0 aliphatic heterocycles. The van der Waals surface area contributed by atoms with Gasteiger partial charge in [0.2, 0.25) is 0 Å². The largest absolute Gasteiger partial charge is 0.315 e. The van der Waals surface area contributed by atoms with Crippen molar-refractivity contribution in [2.24, 2.45) is 0 Å². The Labute approximate surface area is 116 Å². The van der Waals surface area contributed by atoms with Crippen LogP contribution < -0.4 is 5.32 Å². The van der Waals surface area contributed by atoms with Crippen molar-refractivity contribution < 1.29 is 8.42 Å². The number of hydrogen-bond acceptors (Lipinski definition) is 4. The number of nitrogens with one attached hydrogen (secondary N) is 1. The smallest absolute Gasteiger partial charge is 0.154 e. The molecule has 0 aliphatic carbocycles. The van der Waals surface area contributed by atoms with Crippen LogP contribution in [-0.4, -0.2) is 32.5 Å². The highest BCUT2D eigenvalue weighted by molar-refractivity contribution is 9.11. The molecule has 0 bridgehead atoms. The summed E-state index contributed by atoms with van der Waals surface area (Å²) in [4.78, 5) is 1.17. The zero-order chi connectivity index (χ0) is 13.3. The molecule has 1 heterocycles. The SMILES string of the molecule is CNC(Cc1ccc(Br)s1)C(C)(C)S(C)(=O)=O. The summed E-state index contributed by atoms with van der Waals surface area (Å²) in [5, 5.41) is 3.12. The lowest BCUT2D eigenvalue weighted by Gasteiger charge is -2.32. The quantitative estimate of drug-likeness (QED) is 0.896. The molecule has 1 rings (SSSR count). The third kappa shape index (κ3) is 3.53. The molecule has 0 saturated heterocycles. The van der Waals surface area contributed by atoms with Gasteiger partial charge in [0, 0.05) is 17.2 Å². The van der Waals surface area contributed by atoms with E-state index in [1.54, 1.807) is 32.2 Å². The van der Waals surface area contributed by atoms with Crippen LogP contribution in [0.1, 0.15) is 18.7 Å². The van der Waals surface area contributed by atoms with Gasteiger partial charge in [-0.2, -0.15) is 0 Å². The van der Waals surface area contributed by atoms with Gasteiger partial charge in [-0.15, -0.1) is 11.3 Å². The molecule has 0 aliphatic rings. The Morgan fingerprint density at radius 2 is 2.06 bits per heavy atom. The zero-order valence-electron chi connectivity index (χ0n) is 10.5. The van der Waals surface area contributed by atoms with E-state index in [4.69, 9.17) is 0 Å². The molecule has 0 aromatic carbocycles. The maximum atomic E-state index is 11.8. The Kier molecular flexibility index (Phi) is 4.80. The summed E-state index contributed by atoms with van der Waals surface area (Å²) in [6.07, 6.45) is 2.01. The molecule has 1 unspecified atom stereocenters. The van der Waals surface area contributed by atoms with Crippen LogP contribution in [-0.2, 0) is 16.3 Å². The minimum absolute atomic E-state index is 0.0944. The fourth-order valence-electron chi connectivity index (χ4n) is 1.62. The number of likely N-dealkylation sites (N-methyl/N-ethyl adjacent to an activating group) is 1. The van der Waals surface area contributed by atoms with Crippen molar-refractivity contribution in [3.63, 3.8) is 0 Å². The maximum absolute atomic E-state index is 11.8. The van der Waals surface area contributed by atoms with Gasteiger partial charge in [-0.05, 0) is 55.4 Å². The first-order valence-corrected chi connectivity index (χ1v) is 8.79. The lowest BCUT2D eigenvalue weighted by Crippen LogP contribution is -2.51. The molecule has 3 nitrogen and oxygen atoms in total. The van der Waals surface area contributed by atoms with Crippen LogP contribution in [0.15, 0.2) is 15.9 Å². The fraction of sp³-hybridized carbons (Fsp3) is 0.636. The molecule has 1 aromatic heterocycles. The van der Waals surface area contributed by atoms with Crippen LogP contribution in [0.3, 0.4) is 0 Å². The molecule has 98 valence electrons. The Morgan fingerprint density at radius 1 is 1.47 bits per heavy atom. The summed E-state index contributed by atoms with van der Waals surface area (Å²) in [5.41, 5.74) is 0. The topological polar surface area (TPSA) is 46.2 Å². The van der Waals surface area contributed by atoms with Gasteiger partial charge in [0.05, 0.1) is 8.53 Å². The maximum Gasteiger partial charge on any atom is 0.154 e. The highest BCUT2D eigenvalue weighted by atomic mass is 79.9. The highest BCUT2D eigenvalue weighted by Gasteiger charge is 2.38. The number of halogens is 1. The van der Waals surface area contributed by atoms with Crippen LogP contribution in [0, 0.1) is 0 Å². The number of hydrogen-bond donors (Lipinski definition) is 1. The van der Waals surface area contributed by atoms with Gasteiger partial charge in [-0.1, -0.05) is 0 Å². The van der Waals surface area contributed by atoms with Crippen molar-refractivity contribution >= 4 is 37.1 Å². The lowest BCUT2D eigenvalue weighted by molar-refractivity contribution is 0.432. The monoisotopic (exact) mass is 339 g/mol. The van der Waals surface area contributed by atoms with Crippen LogP contribution in [0.5, 0.6) is 0 Å². The Balaban J connectivity index is 2.93. The van der Waals surface area contributed by atoms with Crippen LogP contribution in [0.2, 0.25) is 0 Å². The molecular formula is C11H18BrNO2S2. The molecular weight excluding hydrogens is 322 g/mol. The van der Waals surface area contributed by atoms with Gasteiger partial charge >= 0.3 is 0 Å². The van der Waals surface area contributed by atoms with E-state index in [1.165, 1.54) is 11.1 Å². The third-order valence-corrected chi connectivity index (χ3v) is 7.02. The summed E-state index contributed by atoms with van der Waals surface area (Å²) in [5.74, 6) is 0. The number of rotatable bonds is 5. The molecule has 17 heavy (non-hydrogen) atoms. The van der Waals surface area contributed by atoms with Gasteiger partial charge in [0.1, 0.15) is 0 Å². The van der Waals surface area contributed by atoms with Gasteiger partial charge in [0.15, 0.2) is 9.84 Å². The first-order chi connectivity index (χ1) is 7.68. The predicted octanol–water partition coefficient (Wildman–Crippen LogP) is 2.46. The van der Waals surface area contributed by atoms with E-state index in [2.05, 4.69) is 21.2 Å². The van der Waals surface area contributed by atoms with Crippen LogP contribution in [0.4, 0.5) is 0 Å². The molecule has 0 fully saturated rings. The normalized spacial score (nSPS) is 14.9. The first kappa shape index (κ1) is 15.1. The van der Waals surface area contributed by atoms with E-state index in [-0.39, 0.29) is 6.04 Å². The molecule has 0 spiro atoms. The minimum Gasteiger partial charge on any atom is -0.315 e. The Bertz CT molecular complexity index is 479. The summed E-state index contributed by atoms with van der Waals surface area (Å²) in [6.45, 7) is 3.54. The predicted molar refractivity (Wildman–Crippen MR) is 77.5 cm³/mol. The summed E-state index contributed by atoms with van der Waals surface area (Å²) < 4.78 is 23.9. The van der Waals surface area contributed by atoms with Gasteiger partial charge in [0.25, 0.3) is 0 Å². The van der Waals surface area contributed by atoms with E-state index in [0.29, 0.717) is 6.42 Å². The van der Waals surface area contributed by atoms with E-state index >= 15 is 0 Å². The number of thiophene rings is 1. The summed E-state index contributed by atoms with van der Waals surface area (Å²) in [7, 11) is -1.29. The van der Waals surface area contributed by atoms with Crippen molar-refractivity contribution in [1.29, 1.82) is 0 Å². The van der Waals surface area contributed by atoms with Crippen molar-refractivity contribution in [2.75, 3.05) is 13.3 Å². The molecule has 0 amide bonds. The average molecular weight is 340 g/mol. The molecule has 0 radical (unpaired) electrons. The third-order valence-electron chi connectivity index (χ3n) is 3.18. The highest BCUT2D eigenvalue weighted by Crippen LogP contribution is 2.27. The standard InChI is InChI=1S/C11H18BrNO2S2/c1-11(2,17(4,14)15)9(13-3)7-8-5-6-10(12)16-8/h5-6,9,13H,7H2,1-4H3. The van der Waals surface area contributed by atoms with E-state index in [0.717, 1.165) is 3.79 Å². The lowest BCUT2D eigenvalue weighted by atomic mass is 9.99. The van der Waals surface area contributed by atoms with E-state index in [9.17, 15) is 8.42 Å². The van der Waals surface area contributed by atoms with Crippen molar-refractivity contribution in [3.05, 3.63) is 20.8 Å². The van der Waals surface area contributed by atoms with Crippen molar-refractivity contribution in [3.8, 4) is 0 Å². The van der Waals surface area contributed by atoms with E-state index < -0.39 is 14.6 Å². The fourth-order valence-corrected chi connectivity index (χ4v) is 3.86. The second kappa shape index (κ2) is 5.38. The second-order valence-electron chi connectivity index (χ2n) is 4.63. The Hall–Kier alpha value is 0.0900.